The molecule has 57 heavy (non-hydrogen) atoms. The van der Waals surface area contributed by atoms with Crippen LogP contribution in [-0.4, -0.2) is 15.0 Å². The Labute approximate surface area is 337 Å². The lowest BCUT2D eigenvalue weighted by atomic mass is 9.87. The second kappa shape index (κ2) is 15.3. The summed E-state index contributed by atoms with van der Waals surface area (Å²) >= 11 is 1.79. The molecule has 1 aliphatic rings. The van der Waals surface area contributed by atoms with Crippen molar-refractivity contribution in [2.24, 2.45) is 0 Å². The first-order valence-corrected chi connectivity index (χ1v) is 20.3. The molecule has 1 aliphatic heterocycles. The molecule has 0 N–H and O–H groups in total. The number of pyridine rings is 1. The van der Waals surface area contributed by atoms with E-state index in [9.17, 15) is 0 Å². The van der Waals surface area contributed by atoms with Gasteiger partial charge in [0.05, 0.1) is 16.9 Å². The van der Waals surface area contributed by atoms with Gasteiger partial charge >= 0.3 is 0 Å². The first kappa shape index (κ1) is 34.6. The maximum atomic E-state index is 5.23. The number of hydrogen-bond acceptors (Lipinski definition) is 4. The smallest absolute Gasteiger partial charge is 0.160 e. The van der Waals surface area contributed by atoms with Crippen LogP contribution in [0.3, 0.4) is 0 Å². The topological polar surface area (TPSA) is 38.7 Å². The summed E-state index contributed by atoms with van der Waals surface area (Å²) in [5.74, 6) is 0.706. The van der Waals surface area contributed by atoms with Gasteiger partial charge in [0.1, 0.15) is 0 Å². The fourth-order valence-corrected chi connectivity index (χ4v) is 8.74. The van der Waals surface area contributed by atoms with E-state index < -0.39 is 0 Å². The molecule has 0 radical (unpaired) electrons. The van der Waals surface area contributed by atoms with Crippen LogP contribution < -0.4 is 0 Å². The van der Waals surface area contributed by atoms with Gasteiger partial charge in [-0.25, -0.2) is 9.97 Å². The van der Waals surface area contributed by atoms with Crippen molar-refractivity contribution in [2.45, 2.75) is 17.7 Å². The summed E-state index contributed by atoms with van der Waals surface area (Å²) in [6, 6.07) is 60.4. The molecule has 0 amide bonds. The van der Waals surface area contributed by atoms with Crippen LogP contribution in [0, 0.1) is 0 Å². The second-order valence-electron chi connectivity index (χ2n) is 14.3. The number of hydrogen-bond donors (Lipinski definition) is 0. The molecule has 0 saturated carbocycles. The van der Waals surface area contributed by atoms with Crippen molar-refractivity contribution in [2.75, 3.05) is 0 Å². The largest absolute Gasteiger partial charge is 0.256 e. The zero-order valence-corrected chi connectivity index (χ0v) is 32.0. The fourth-order valence-electron chi connectivity index (χ4n) is 7.89. The fraction of sp³-hybridized carbons (Fsp3) is 0.0377. The Morgan fingerprint density at radius 2 is 1.16 bits per heavy atom. The number of benzene rings is 7. The lowest BCUT2D eigenvalue weighted by molar-refractivity contribution is 1.06. The third-order valence-corrected chi connectivity index (χ3v) is 11.6. The molecular weight excluding hydrogens is 711 g/mol. The molecule has 0 atom stereocenters. The van der Waals surface area contributed by atoms with Crippen LogP contribution in [0.25, 0.3) is 95.0 Å². The zero-order valence-electron chi connectivity index (χ0n) is 31.2. The van der Waals surface area contributed by atoms with Crippen LogP contribution in [0.5, 0.6) is 0 Å². The Morgan fingerprint density at radius 3 is 2.11 bits per heavy atom. The average Bonchev–Trinajstić information content (AvgIpc) is 3.29. The SMILES string of the molecule is C1=CSc2ccccc2-c2cc(-c3cccc4cccnc34)ccc2-c2ccc(-c3cc(-c4cccc5ccccc45)nc(-c4ccccc4)n3)cc2/C=C/CC1. The molecular formula is C53H37N3S. The maximum Gasteiger partial charge on any atom is 0.160 e. The minimum absolute atomic E-state index is 0.706. The van der Waals surface area contributed by atoms with Crippen molar-refractivity contribution in [3.05, 3.63) is 199 Å². The third-order valence-electron chi connectivity index (χ3n) is 10.7. The number of para-hydroxylation sites is 1. The molecule has 3 heterocycles. The number of thioether (sulfide) groups is 1. The Kier molecular flexibility index (Phi) is 9.31. The van der Waals surface area contributed by atoms with Crippen molar-refractivity contribution < 1.29 is 0 Å². The number of fused-ring (bicyclic) bond motifs is 7. The van der Waals surface area contributed by atoms with Crippen LogP contribution in [0.15, 0.2) is 199 Å². The summed E-state index contributed by atoms with van der Waals surface area (Å²) in [6.07, 6.45) is 10.7. The lowest BCUT2D eigenvalue weighted by Crippen LogP contribution is -1.97. The molecule has 7 aromatic carbocycles. The van der Waals surface area contributed by atoms with Crippen molar-refractivity contribution in [1.29, 1.82) is 0 Å². The molecule has 270 valence electrons. The predicted molar refractivity (Wildman–Crippen MR) is 241 cm³/mol. The van der Waals surface area contributed by atoms with E-state index in [4.69, 9.17) is 15.0 Å². The molecule has 0 aliphatic carbocycles. The van der Waals surface area contributed by atoms with Gasteiger partial charge in [0.25, 0.3) is 0 Å². The van der Waals surface area contributed by atoms with E-state index in [-0.39, 0.29) is 0 Å². The van der Waals surface area contributed by atoms with Gasteiger partial charge in [-0.1, -0.05) is 170 Å². The standard InChI is InChI=1S/C53H37N3S/c1-2-11-32-57-51-26-10-9-23-47(51)48-34-40(44-24-13-20-37-21-14-31-54-52(37)44)27-30-45(48)43-29-28-41(33-39(43)18-4-1)49-35-50(56-53(55-49)38-16-5-3-6-17-38)46-25-12-19-36-15-7-8-22-42(36)46/h3-35H,1-2H2/b18-4+,32-11?. The molecule has 9 aromatic rings. The van der Waals surface area contributed by atoms with E-state index in [1.165, 1.54) is 37.9 Å². The average molecular weight is 748 g/mol. The molecule has 0 bridgehead atoms. The van der Waals surface area contributed by atoms with E-state index in [1.54, 1.807) is 11.8 Å². The summed E-state index contributed by atoms with van der Waals surface area (Å²) in [6.45, 7) is 0. The van der Waals surface area contributed by atoms with Crippen LogP contribution in [-0.2, 0) is 0 Å². The molecule has 0 unspecified atom stereocenters. The van der Waals surface area contributed by atoms with Gasteiger partial charge in [-0.3, -0.25) is 4.98 Å². The predicted octanol–water partition coefficient (Wildman–Crippen LogP) is 14.6. The monoisotopic (exact) mass is 747 g/mol. The highest BCUT2D eigenvalue weighted by Gasteiger charge is 2.18. The van der Waals surface area contributed by atoms with Gasteiger partial charge in [0.2, 0.25) is 0 Å². The first-order chi connectivity index (χ1) is 28.3. The highest BCUT2D eigenvalue weighted by molar-refractivity contribution is 8.02. The Hall–Kier alpha value is -6.88. The molecule has 4 heteroatoms. The second-order valence-corrected chi connectivity index (χ2v) is 15.2. The summed E-state index contributed by atoms with van der Waals surface area (Å²) < 4.78 is 0. The molecule has 0 fully saturated rings. The van der Waals surface area contributed by atoms with Gasteiger partial charge < -0.3 is 0 Å². The normalized spacial score (nSPS) is 13.1. The van der Waals surface area contributed by atoms with Crippen molar-refractivity contribution >= 4 is 39.5 Å². The molecule has 0 saturated heterocycles. The summed E-state index contributed by atoms with van der Waals surface area (Å²) in [5, 5.41) is 5.72. The number of rotatable bonds is 4. The van der Waals surface area contributed by atoms with Gasteiger partial charge in [0.15, 0.2) is 5.82 Å². The Bertz CT molecular complexity index is 2990. The van der Waals surface area contributed by atoms with Crippen molar-refractivity contribution in [3.8, 4) is 67.3 Å². The lowest BCUT2D eigenvalue weighted by Gasteiger charge is -2.18. The zero-order chi connectivity index (χ0) is 38.0. The van der Waals surface area contributed by atoms with Crippen LogP contribution >= 0.6 is 11.8 Å². The highest BCUT2D eigenvalue weighted by atomic mass is 32.2. The van der Waals surface area contributed by atoms with Gasteiger partial charge in [-0.2, -0.15) is 0 Å². The van der Waals surface area contributed by atoms with Crippen LogP contribution in [0.2, 0.25) is 0 Å². The van der Waals surface area contributed by atoms with Crippen molar-refractivity contribution in [3.63, 3.8) is 0 Å². The minimum Gasteiger partial charge on any atom is -0.256 e. The van der Waals surface area contributed by atoms with E-state index in [1.807, 2.05) is 30.5 Å². The maximum absolute atomic E-state index is 5.23. The van der Waals surface area contributed by atoms with E-state index in [0.29, 0.717) is 5.82 Å². The number of aromatic nitrogens is 3. The molecule has 0 spiro atoms. The Morgan fingerprint density at radius 1 is 0.439 bits per heavy atom. The number of nitrogens with zero attached hydrogens (tertiary/aromatic N) is 3. The van der Waals surface area contributed by atoms with Gasteiger partial charge in [-0.05, 0) is 92.7 Å². The van der Waals surface area contributed by atoms with Crippen LogP contribution in [0.4, 0.5) is 0 Å². The Balaban J connectivity index is 1.18. The third kappa shape index (κ3) is 6.86. The molecule has 2 aromatic heterocycles. The van der Waals surface area contributed by atoms with E-state index >= 15 is 0 Å². The van der Waals surface area contributed by atoms with Crippen molar-refractivity contribution in [1.82, 2.24) is 15.0 Å². The molecule has 3 nitrogen and oxygen atoms in total. The highest BCUT2D eigenvalue weighted by Crippen LogP contribution is 2.43. The number of allylic oxidation sites excluding steroid dienone is 2. The quantitative estimate of drug-likeness (QED) is 0.180. The van der Waals surface area contributed by atoms with Crippen LogP contribution in [0.1, 0.15) is 18.4 Å². The van der Waals surface area contributed by atoms with E-state index in [0.717, 1.165) is 68.5 Å². The first-order valence-electron chi connectivity index (χ1n) is 19.4. The van der Waals surface area contributed by atoms with Gasteiger partial charge in [0, 0.05) is 38.7 Å². The summed E-state index contributed by atoms with van der Waals surface area (Å²) in [7, 11) is 0. The summed E-state index contributed by atoms with van der Waals surface area (Å²) in [4.78, 5) is 16.5. The van der Waals surface area contributed by atoms with Gasteiger partial charge in [-0.15, -0.1) is 0 Å². The van der Waals surface area contributed by atoms with E-state index in [2.05, 4.69) is 169 Å². The minimum atomic E-state index is 0.706. The molecule has 10 rings (SSSR count). The summed E-state index contributed by atoms with van der Waals surface area (Å²) in [5.41, 5.74) is 14.1.